The number of rotatable bonds is 6. The van der Waals surface area contributed by atoms with E-state index in [0.29, 0.717) is 18.2 Å². The maximum atomic E-state index is 12.2. The Kier molecular flexibility index (Phi) is 5.96. The molecule has 128 valence electrons. The fraction of sp³-hybridized carbons (Fsp3) is 0.500. The zero-order valence-electron chi connectivity index (χ0n) is 13.9. The van der Waals surface area contributed by atoms with Crippen molar-refractivity contribution in [2.24, 2.45) is 0 Å². The Bertz CT molecular complexity index is 615. The smallest absolute Gasteiger partial charge is 0.252 e. The fourth-order valence-electron chi connectivity index (χ4n) is 3.11. The van der Waals surface area contributed by atoms with E-state index in [0.717, 1.165) is 12.4 Å². The molecule has 1 saturated carbocycles. The van der Waals surface area contributed by atoms with Gasteiger partial charge in [-0.05, 0) is 25.0 Å². The molecule has 1 aliphatic rings. The topological polar surface area (TPSA) is 71.8 Å². The maximum Gasteiger partial charge on any atom is 0.252 e. The van der Waals surface area contributed by atoms with Gasteiger partial charge in [0.2, 0.25) is 0 Å². The van der Waals surface area contributed by atoms with Gasteiger partial charge in [0.1, 0.15) is 12.1 Å². The summed E-state index contributed by atoms with van der Waals surface area (Å²) in [6, 6.07) is 4.22. The van der Waals surface area contributed by atoms with Crippen molar-refractivity contribution >= 4 is 5.91 Å². The van der Waals surface area contributed by atoms with Crippen LogP contribution >= 0.6 is 0 Å². The zero-order chi connectivity index (χ0) is 16.6. The predicted octanol–water partition coefficient (Wildman–Crippen LogP) is 2.31. The molecule has 1 aliphatic carbocycles. The lowest BCUT2D eigenvalue weighted by molar-refractivity contribution is 0.0953. The highest BCUT2D eigenvalue weighted by Gasteiger charge is 2.11. The van der Waals surface area contributed by atoms with Crippen molar-refractivity contribution in [3.8, 4) is 5.82 Å². The van der Waals surface area contributed by atoms with Crippen LogP contribution in [0.25, 0.3) is 5.82 Å². The number of nitrogens with one attached hydrogen (secondary N) is 2. The first kappa shape index (κ1) is 16.6. The van der Waals surface area contributed by atoms with Crippen molar-refractivity contribution in [2.75, 3.05) is 13.1 Å². The van der Waals surface area contributed by atoms with Gasteiger partial charge in [-0.2, -0.15) is 0 Å². The number of aromatic nitrogens is 3. The summed E-state index contributed by atoms with van der Waals surface area (Å²) in [6.45, 7) is 1.45. The van der Waals surface area contributed by atoms with Crippen molar-refractivity contribution in [1.82, 2.24) is 25.2 Å². The second-order valence-corrected chi connectivity index (χ2v) is 6.27. The minimum atomic E-state index is -0.0812. The summed E-state index contributed by atoms with van der Waals surface area (Å²) in [5, 5.41) is 6.50. The van der Waals surface area contributed by atoms with E-state index in [-0.39, 0.29) is 5.91 Å². The molecule has 2 aromatic rings. The van der Waals surface area contributed by atoms with Crippen LogP contribution in [0.4, 0.5) is 0 Å². The number of carbonyl (C=O) groups is 1. The third kappa shape index (κ3) is 4.64. The number of pyridine rings is 1. The number of imidazole rings is 1. The molecule has 0 spiro atoms. The predicted molar refractivity (Wildman–Crippen MR) is 93.2 cm³/mol. The summed E-state index contributed by atoms with van der Waals surface area (Å²) in [4.78, 5) is 20.4. The Morgan fingerprint density at radius 3 is 2.67 bits per heavy atom. The second kappa shape index (κ2) is 8.59. The third-order valence-corrected chi connectivity index (χ3v) is 4.48. The lowest BCUT2D eigenvalue weighted by Crippen LogP contribution is -2.36. The van der Waals surface area contributed by atoms with Crippen LogP contribution in [0, 0.1) is 0 Å². The monoisotopic (exact) mass is 327 g/mol. The fourth-order valence-corrected chi connectivity index (χ4v) is 3.11. The number of hydrogen-bond donors (Lipinski definition) is 2. The first-order valence-corrected chi connectivity index (χ1v) is 8.79. The average molecular weight is 327 g/mol. The van der Waals surface area contributed by atoms with E-state index in [1.54, 1.807) is 29.4 Å². The Balaban J connectivity index is 1.41. The van der Waals surface area contributed by atoms with E-state index >= 15 is 0 Å². The van der Waals surface area contributed by atoms with Crippen LogP contribution in [-0.2, 0) is 0 Å². The molecule has 6 heteroatoms. The molecular formula is C18H25N5O. The van der Waals surface area contributed by atoms with Crippen molar-refractivity contribution in [1.29, 1.82) is 0 Å². The zero-order valence-corrected chi connectivity index (χ0v) is 13.9. The van der Waals surface area contributed by atoms with E-state index in [1.807, 2.05) is 12.3 Å². The molecule has 0 aliphatic heterocycles. The lowest BCUT2D eigenvalue weighted by Gasteiger charge is -2.16. The van der Waals surface area contributed by atoms with Crippen LogP contribution in [-0.4, -0.2) is 39.6 Å². The third-order valence-electron chi connectivity index (χ3n) is 4.48. The first-order chi connectivity index (χ1) is 11.8. The first-order valence-electron chi connectivity index (χ1n) is 8.79. The summed E-state index contributed by atoms with van der Waals surface area (Å²) in [7, 11) is 0. The molecule has 2 aromatic heterocycles. The summed E-state index contributed by atoms with van der Waals surface area (Å²) in [6.07, 6.45) is 14.7. The van der Waals surface area contributed by atoms with Crippen LogP contribution in [0.5, 0.6) is 0 Å². The Morgan fingerprint density at radius 1 is 1.17 bits per heavy atom. The van der Waals surface area contributed by atoms with E-state index in [1.165, 1.54) is 38.5 Å². The highest BCUT2D eigenvalue weighted by atomic mass is 16.1. The van der Waals surface area contributed by atoms with Crippen LogP contribution in [0.1, 0.15) is 48.9 Å². The van der Waals surface area contributed by atoms with Gasteiger partial charge in [0.25, 0.3) is 5.91 Å². The standard InChI is InChI=1S/C18H25N5O/c24-18(21-10-9-20-16-5-3-1-2-4-6-16)15-7-8-17(22-13-15)23-12-11-19-14-23/h7-8,11-14,16,20H,1-6,9-10H2,(H,21,24). The summed E-state index contributed by atoms with van der Waals surface area (Å²) in [5.41, 5.74) is 0.577. The molecule has 0 unspecified atom stereocenters. The van der Waals surface area contributed by atoms with Gasteiger partial charge in [-0.3, -0.25) is 9.36 Å². The Hall–Kier alpha value is -2.21. The molecule has 1 fully saturated rings. The van der Waals surface area contributed by atoms with E-state index in [2.05, 4.69) is 20.6 Å². The van der Waals surface area contributed by atoms with Gasteiger partial charge in [-0.1, -0.05) is 25.7 Å². The molecule has 24 heavy (non-hydrogen) atoms. The summed E-state index contributed by atoms with van der Waals surface area (Å²) >= 11 is 0. The van der Waals surface area contributed by atoms with Crippen molar-refractivity contribution in [2.45, 2.75) is 44.6 Å². The van der Waals surface area contributed by atoms with E-state index in [4.69, 9.17) is 0 Å². The molecular weight excluding hydrogens is 302 g/mol. The van der Waals surface area contributed by atoms with Crippen LogP contribution in [0.15, 0.2) is 37.1 Å². The molecule has 6 nitrogen and oxygen atoms in total. The minimum absolute atomic E-state index is 0.0812. The maximum absolute atomic E-state index is 12.2. The second-order valence-electron chi connectivity index (χ2n) is 6.27. The van der Waals surface area contributed by atoms with Crippen molar-refractivity contribution < 1.29 is 4.79 Å². The quantitative estimate of drug-likeness (QED) is 0.631. The average Bonchev–Trinajstić information content (AvgIpc) is 3.03. The SMILES string of the molecule is O=C(NCCNC1CCCCCC1)c1ccc(-n2ccnc2)nc1. The van der Waals surface area contributed by atoms with Crippen molar-refractivity contribution in [3.05, 3.63) is 42.6 Å². The van der Waals surface area contributed by atoms with Gasteiger partial charge in [0.15, 0.2) is 0 Å². The molecule has 0 saturated heterocycles. The molecule has 2 N–H and O–H groups in total. The molecule has 2 heterocycles. The van der Waals surface area contributed by atoms with Gasteiger partial charge >= 0.3 is 0 Å². The lowest BCUT2D eigenvalue weighted by atomic mass is 10.1. The van der Waals surface area contributed by atoms with Gasteiger partial charge in [-0.15, -0.1) is 0 Å². The van der Waals surface area contributed by atoms with Crippen LogP contribution in [0.2, 0.25) is 0 Å². The van der Waals surface area contributed by atoms with Crippen LogP contribution in [0.3, 0.4) is 0 Å². The number of carbonyl (C=O) groups excluding carboxylic acids is 1. The highest BCUT2D eigenvalue weighted by molar-refractivity contribution is 5.93. The largest absolute Gasteiger partial charge is 0.351 e. The van der Waals surface area contributed by atoms with E-state index in [9.17, 15) is 4.79 Å². The molecule has 0 bridgehead atoms. The van der Waals surface area contributed by atoms with Gasteiger partial charge < -0.3 is 10.6 Å². The number of hydrogen-bond acceptors (Lipinski definition) is 4. The Morgan fingerprint density at radius 2 is 2.00 bits per heavy atom. The van der Waals surface area contributed by atoms with Gasteiger partial charge in [-0.25, -0.2) is 9.97 Å². The molecule has 1 amide bonds. The van der Waals surface area contributed by atoms with Crippen LogP contribution < -0.4 is 10.6 Å². The van der Waals surface area contributed by atoms with E-state index < -0.39 is 0 Å². The highest BCUT2D eigenvalue weighted by Crippen LogP contribution is 2.16. The molecule has 0 aromatic carbocycles. The number of amides is 1. The van der Waals surface area contributed by atoms with Crippen molar-refractivity contribution in [3.63, 3.8) is 0 Å². The molecule has 0 radical (unpaired) electrons. The minimum Gasteiger partial charge on any atom is -0.351 e. The summed E-state index contributed by atoms with van der Waals surface area (Å²) < 4.78 is 1.80. The van der Waals surface area contributed by atoms with Gasteiger partial charge in [0, 0.05) is 37.7 Å². The molecule has 0 atom stereocenters. The number of nitrogens with zero attached hydrogens (tertiary/aromatic N) is 3. The molecule has 3 rings (SSSR count). The Labute approximate surface area is 142 Å². The summed E-state index contributed by atoms with van der Waals surface area (Å²) in [5.74, 6) is 0.668. The van der Waals surface area contributed by atoms with Gasteiger partial charge in [0.05, 0.1) is 5.56 Å². The normalized spacial score (nSPS) is 15.8.